The van der Waals surface area contributed by atoms with E-state index in [1.54, 1.807) is 18.5 Å². The molecule has 2 rings (SSSR count). The highest BCUT2D eigenvalue weighted by atomic mass is 35.5. The molecule has 0 saturated carbocycles. The Morgan fingerprint density at radius 3 is 2.81 bits per heavy atom. The first-order chi connectivity index (χ1) is 13.0. The summed E-state index contributed by atoms with van der Waals surface area (Å²) in [6.07, 6.45) is 4.79. The normalized spacial score (nSPS) is 11.9. The van der Waals surface area contributed by atoms with Gasteiger partial charge >= 0.3 is 0 Å². The van der Waals surface area contributed by atoms with E-state index in [0.717, 1.165) is 16.9 Å². The number of nitrogens with zero attached hydrogens (tertiary/aromatic N) is 1. The number of aliphatic hydroxyl groups excluding tert-OH is 1. The van der Waals surface area contributed by atoms with E-state index in [2.05, 4.69) is 10.3 Å². The molecule has 146 valence electrons. The number of pyridine rings is 1. The Hall–Kier alpha value is -1.82. The maximum absolute atomic E-state index is 12.0. The molecular weight excluding hydrogens is 387 g/mol. The summed E-state index contributed by atoms with van der Waals surface area (Å²) in [6.45, 7) is 2.73. The summed E-state index contributed by atoms with van der Waals surface area (Å²) >= 11 is 12.1. The Bertz CT molecular complexity index is 756. The molecule has 0 aliphatic carbocycles. The van der Waals surface area contributed by atoms with Gasteiger partial charge in [-0.3, -0.25) is 9.78 Å². The van der Waals surface area contributed by atoms with E-state index in [9.17, 15) is 9.90 Å². The van der Waals surface area contributed by atoms with Gasteiger partial charge in [-0.05, 0) is 55.2 Å². The number of amides is 1. The molecule has 1 heterocycles. The molecular formula is C20H24Cl2N2O3. The Morgan fingerprint density at radius 1 is 1.30 bits per heavy atom. The molecule has 1 aromatic heterocycles. The highest BCUT2D eigenvalue weighted by Crippen LogP contribution is 2.21. The summed E-state index contributed by atoms with van der Waals surface area (Å²) in [5, 5.41) is 13.7. The average molecular weight is 411 g/mol. The Morgan fingerprint density at radius 2 is 2.11 bits per heavy atom. The van der Waals surface area contributed by atoms with Crippen LogP contribution in [0.1, 0.15) is 24.0 Å². The number of rotatable bonds is 10. The van der Waals surface area contributed by atoms with E-state index >= 15 is 0 Å². The second kappa shape index (κ2) is 11.1. The number of hydrogen-bond acceptors (Lipinski definition) is 4. The van der Waals surface area contributed by atoms with Gasteiger partial charge in [-0.1, -0.05) is 23.2 Å². The van der Waals surface area contributed by atoms with Gasteiger partial charge in [0.05, 0.1) is 11.6 Å². The highest BCUT2D eigenvalue weighted by Gasteiger charge is 2.12. The van der Waals surface area contributed by atoms with Crippen molar-refractivity contribution in [2.24, 2.45) is 5.92 Å². The zero-order valence-corrected chi connectivity index (χ0v) is 16.8. The lowest BCUT2D eigenvalue weighted by Crippen LogP contribution is -2.32. The zero-order valence-electron chi connectivity index (χ0n) is 15.3. The topological polar surface area (TPSA) is 71.5 Å². The molecule has 27 heavy (non-hydrogen) atoms. The van der Waals surface area contributed by atoms with Gasteiger partial charge in [-0.2, -0.15) is 0 Å². The SMILES string of the molecule is Cc1cc(OCCCC(=O)NCC(CO)Cc2ccncc2Cl)ccc1Cl. The number of halogens is 2. The van der Waals surface area contributed by atoms with Crippen molar-refractivity contribution in [2.45, 2.75) is 26.2 Å². The van der Waals surface area contributed by atoms with Crippen LogP contribution < -0.4 is 10.1 Å². The first-order valence-electron chi connectivity index (χ1n) is 8.84. The molecule has 1 atom stereocenters. The van der Waals surface area contributed by atoms with Crippen LogP contribution in [0, 0.1) is 12.8 Å². The molecule has 1 amide bonds. The monoisotopic (exact) mass is 410 g/mol. The Kier molecular flexibility index (Phi) is 8.85. The number of aryl methyl sites for hydroxylation is 1. The third-order valence-corrected chi connectivity index (χ3v) is 4.92. The fraction of sp³-hybridized carbons (Fsp3) is 0.400. The minimum atomic E-state index is -0.0952. The van der Waals surface area contributed by atoms with Gasteiger partial charge in [0.1, 0.15) is 5.75 Å². The highest BCUT2D eigenvalue weighted by molar-refractivity contribution is 6.31. The van der Waals surface area contributed by atoms with Gasteiger partial charge in [-0.15, -0.1) is 0 Å². The van der Waals surface area contributed by atoms with Gasteiger partial charge in [0, 0.05) is 42.9 Å². The van der Waals surface area contributed by atoms with Crippen molar-refractivity contribution in [2.75, 3.05) is 19.8 Å². The lowest BCUT2D eigenvalue weighted by molar-refractivity contribution is -0.121. The maximum Gasteiger partial charge on any atom is 0.220 e. The van der Waals surface area contributed by atoms with Crippen LogP contribution in [0.15, 0.2) is 36.7 Å². The molecule has 0 bridgehead atoms. The molecule has 5 nitrogen and oxygen atoms in total. The van der Waals surface area contributed by atoms with Crippen molar-refractivity contribution >= 4 is 29.1 Å². The molecule has 0 fully saturated rings. The van der Waals surface area contributed by atoms with Crippen molar-refractivity contribution in [1.29, 1.82) is 0 Å². The lowest BCUT2D eigenvalue weighted by Gasteiger charge is -2.16. The smallest absolute Gasteiger partial charge is 0.220 e. The second-order valence-corrected chi connectivity index (χ2v) is 7.20. The van der Waals surface area contributed by atoms with Crippen LogP contribution in [0.25, 0.3) is 0 Å². The van der Waals surface area contributed by atoms with Crippen molar-refractivity contribution in [3.63, 3.8) is 0 Å². The number of aromatic nitrogens is 1. The molecule has 0 aliphatic rings. The summed E-state index contributed by atoms with van der Waals surface area (Å²) in [4.78, 5) is 15.9. The number of carbonyl (C=O) groups excluding carboxylic acids is 1. The number of aliphatic hydroxyl groups is 1. The summed E-state index contributed by atoms with van der Waals surface area (Å²) < 4.78 is 5.63. The first kappa shape index (κ1) is 21.5. The Labute approximate surface area is 169 Å². The average Bonchev–Trinajstić information content (AvgIpc) is 2.66. The molecule has 1 aromatic carbocycles. The van der Waals surface area contributed by atoms with Crippen molar-refractivity contribution in [1.82, 2.24) is 10.3 Å². The summed E-state index contributed by atoms with van der Waals surface area (Å²) in [5.74, 6) is 0.583. The second-order valence-electron chi connectivity index (χ2n) is 6.39. The molecule has 0 radical (unpaired) electrons. The fourth-order valence-electron chi connectivity index (χ4n) is 2.56. The van der Waals surface area contributed by atoms with E-state index in [4.69, 9.17) is 27.9 Å². The number of nitrogens with one attached hydrogen (secondary N) is 1. The van der Waals surface area contributed by atoms with Gasteiger partial charge < -0.3 is 15.2 Å². The molecule has 0 saturated heterocycles. The lowest BCUT2D eigenvalue weighted by atomic mass is 10.0. The van der Waals surface area contributed by atoms with E-state index in [0.29, 0.717) is 42.5 Å². The van der Waals surface area contributed by atoms with Gasteiger partial charge in [-0.25, -0.2) is 0 Å². The quantitative estimate of drug-likeness (QED) is 0.583. The number of ether oxygens (including phenoxy) is 1. The van der Waals surface area contributed by atoms with Gasteiger partial charge in [0.15, 0.2) is 0 Å². The van der Waals surface area contributed by atoms with E-state index < -0.39 is 0 Å². The zero-order chi connectivity index (χ0) is 19.6. The van der Waals surface area contributed by atoms with Crippen LogP contribution >= 0.6 is 23.2 Å². The number of carbonyl (C=O) groups is 1. The van der Waals surface area contributed by atoms with Gasteiger partial charge in [0.2, 0.25) is 5.91 Å². The predicted octanol–water partition coefficient (Wildman–Crippen LogP) is 3.82. The number of hydrogen-bond donors (Lipinski definition) is 2. The molecule has 0 spiro atoms. The molecule has 7 heteroatoms. The molecule has 2 aromatic rings. The predicted molar refractivity (Wildman–Crippen MR) is 107 cm³/mol. The molecule has 2 N–H and O–H groups in total. The summed E-state index contributed by atoms with van der Waals surface area (Å²) in [7, 11) is 0. The van der Waals surface area contributed by atoms with Gasteiger partial charge in [0.25, 0.3) is 0 Å². The molecule has 1 unspecified atom stereocenters. The summed E-state index contributed by atoms with van der Waals surface area (Å²) in [5.41, 5.74) is 1.86. The van der Waals surface area contributed by atoms with Crippen LogP contribution in [0.5, 0.6) is 5.75 Å². The van der Waals surface area contributed by atoms with E-state index in [1.165, 1.54) is 0 Å². The number of benzene rings is 1. The maximum atomic E-state index is 12.0. The summed E-state index contributed by atoms with van der Waals surface area (Å²) in [6, 6.07) is 7.30. The van der Waals surface area contributed by atoms with Crippen LogP contribution in [-0.2, 0) is 11.2 Å². The largest absolute Gasteiger partial charge is 0.494 e. The van der Waals surface area contributed by atoms with E-state index in [1.807, 2.05) is 25.1 Å². The van der Waals surface area contributed by atoms with E-state index in [-0.39, 0.29) is 18.4 Å². The van der Waals surface area contributed by atoms with Crippen LogP contribution in [-0.4, -0.2) is 35.8 Å². The van der Waals surface area contributed by atoms with Crippen molar-refractivity contribution in [3.05, 3.63) is 57.8 Å². The fourth-order valence-corrected chi connectivity index (χ4v) is 2.87. The minimum absolute atomic E-state index is 0.0298. The standard InChI is InChI=1S/C20H24Cl2N2O3/c1-14-9-17(4-5-18(14)21)27-8-2-3-20(26)24-11-15(13-25)10-16-6-7-23-12-19(16)22/h4-7,9,12,15,25H,2-3,8,10-11,13H2,1H3,(H,24,26). The third kappa shape index (κ3) is 7.37. The van der Waals surface area contributed by atoms with Crippen LogP contribution in [0.2, 0.25) is 10.0 Å². The Balaban J connectivity index is 1.67. The minimum Gasteiger partial charge on any atom is -0.494 e. The van der Waals surface area contributed by atoms with Crippen LogP contribution in [0.4, 0.5) is 0 Å². The third-order valence-electron chi connectivity index (χ3n) is 4.16. The van der Waals surface area contributed by atoms with Crippen molar-refractivity contribution < 1.29 is 14.6 Å². The first-order valence-corrected chi connectivity index (χ1v) is 9.60. The van der Waals surface area contributed by atoms with Crippen LogP contribution in [0.3, 0.4) is 0 Å². The van der Waals surface area contributed by atoms with Crippen molar-refractivity contribution in [3.8, 4) is 5.75 Å². The molecule has 0 aliphatic heterocycles.